The Morgan fingerprint density at radius 1 is 1.00 bits per heavy atom. The van der Waals surface area contributed by atoms with Gasteiger partial charge >= 0.3 is 0 Å². The number of rotatable bonds is 4. The Labute approximate surface area is 121 Å². The SMILES string of the molecule is NCc1ncccc1CSc1ncnc2ccccc12. The minimum absolute atomic E-state index is 0.460. The maximum absolute atomic E-state index is 5.71. The van der Waals surface area contributed by atoms with E-state index in [1.807, 2.05) is 30.3 Å². The van der Waals surface area contributed by atoms with E-state index in [0.29, 0.717) is 6.54 Å². The molecule has 5 heteroatoms. The van der Waals surface area contributed by atoms with Gasteiger partial charge in [-0.3, -0.25) is 4.98 Å². The van der Waals surface area contributed by atoms with Gasteiger partial charge in [0, 0.05) is 23.9 Å². The van der Waals surface area contributed by atoms with E-state index < -0.39 is 0 Å². The Balaban J connectivity index is 1.87. The van der Waals surface area contributed by atoms with Crippen molar-refractivity contribution in [1.29, 1.82) is 0 Å². The van der Waals surface area contributed by atoms with Gasteiger partial charge in [0.2, 0.25) is 0 Å². The first-order valence-electron chi connectivity index (χ1n) is 6.34. The molecule has 20 heavy (non-hydrogen) atoms. The third kappa shape index (κ3) is 2.64. The van der Waals surface area contributed by atoms with Crippen LogP contribution in [-0.2, 0) is 12.3 Å². The van der Waals surface area contributed by atoms with E-state index >= 15 is 0 Å². The molecule has 0 aliphatic rings. The smallest absolute Gasteiger partial charge is 0.117 e. The Morgan fingerprint density at radius 2 is 1.90 bits per heavy atom. The highest BCUT2D eigenvalue weighted by molar-refractivity contribution is 7.98. The molecular weight excluding hydrogens is 268 g/mol. The number of nitrogens with zero attached hydrogens (tertiary/aromatic N) is 3. The fourth-order valence-electron chi connectivity index (χ4n) is 2.03. The Hall–Kier alpha value is -1.98. The third-order valence-electron chi connectivity index (χ3n) is 3.05. The van der Waals surface area contributed by atoms with Gasteiger partial charge in [-0.2, -0.15) is 0 Å². The van der Waals surface area contributed by atoms with Crippen molar-refractivity contribution >= 4 is 22.7 Å². The third-order valence-corrected chi connectivity index (χ3v) is 4.10. The summed E-state index contributed by atoms with van der Waals surface area (Å²) in [6.45, 7) is 0.460. The minimum Gasteiger partial charge on any atom is -0.325 e. The van der Waals surface area contributed by atoms with Gasteiger partial charge in [0.25, 0.3) is 0 Å². The Kier molecular flexibility index (Phi) is 3.90. The number of pyridine rings is 1. The van der Waals surface area contributed by atoms with Gasteiger partial charge in [-0.25, -0.2) is 9.97 Å². The maximum atomic E-state index is 5.71. The molecule has 0 radical (unpaired) electrons. The van der Waals surface area contributed by atoms with Crippen LogP contribution >= 0.6 is 11.8 Å². The Morgan fingerprint density at radius 3 is 2.80 bits per heavy atom. The summed E-state index contributed by atoms with van der Waals surface area (Å²) in [7, 11) is 0. The van der Waals surface area contributed by atoms with E-state index in [1.165, 1.54) is 0 Å². The van der Waals surface area contributed by atoms with E-state index in [4.69, 9.17) is 5.73 Å². The van der Waals surface area contributed by atoms with Gasteiger partial charge in [0.1, 0.15) is 11.4 Å². The molecule has 0 bridgehead atoms. The predicted molar refractivity (Wildman–Crippen MR) is 81.2 cm³/mol. The van der Waals surface area contributed by atoms with Crippen LogP contribution in [0.3, 0.4) is 0 Å². The lowest BCUT2D eigenvalue weighted by Crippen LogP contribution is -2.03. The summed E-state index contributed by atoms with van der Waals surface area (Å²) in [5, 5.41) is 2.07. The zero-order valence-corrected chi connectivity index (χ0v) is 11.7. The number of hydrogen-bond acceptors (Lipinski definition) is 5. The van der Waals surface area contributed by atoms with Gasteiger partial charge in [-0.1, -0.05) is 24.3 Å². The van der Waals surface area contributed by atoms with Crippen molar-refractivity contribution in [1.82, 2.24) is 15.0 Å². The molecule has 100 valence electrons. The van der Waals surface area contributed by atoms with Gasteiger partial charge in [0.05, 0.1) is 11.2 Å². The first-order valence-corrected chi connectivity index (χ1v) is 7.32. The van der Waals surface area contributed by atoms with Crippen molar-refractivity contribution in [2.45, 2.75) is 17.3 Å². The summed E-state index contributed by atoms with van der Waals surface area (Å²) in [6.07, 6.45) is 3.38. The van der Waals surface area contributed by atoms with Crippen molar-refractivity contribution in [2.24, 2.45) is 5.73 Å². The lowest BCUT2D eigenvalue weighted by atomic mass is 10.2. The average molecular weight is 282 g/mol. The molecule has 0 saturated carbocycles. The summed E-state index contributed by atoms with van der Waals surface area (Å²) in [5.41, 5.74) is 8.78. The summed E-state index contributed by atoms with van der Waals surface area (Å²) in [6, 6.07) is 12.0. The standard InChI is InChI=1S/C15H14N4S/c16-8-14-11(4-3-7-17-14)9-20-15-12-5-1-2-6-13(12)18-10-19-15/h1-7,10H,8-9,16H2. The van der Waals surface area contributed by atoms with Crippen LogP contribution in [0.1, 0.15) is 11.3 Å². The zero-order chi connectivity index (χ0) is 13.8. The largest absolute Gasteiger partial charge is 0.325 e. The summed E-state index contributed by atoms with van der Waals surface area (Å²) in [5.74, 6) is 0.807. The molecule has 0 aliphatic carbocycles. The first-order chi connectivity index (χ1) is 9.88. The molecule has 0 spiro atoms. The zero-order valence-electron chi connectivity index (χ0n) is 10.9. The predicted octanol–water partition coefficient (Wildman–Crippen LogP) is 2.78. The maximum Gasteiger partial charge on any atom is 0.117 e. The van der Waals surface area contributed by atoms with Gasteiger partial charge in [-0.05, 0) is 17.7 Å². The molecule has 1 aromatic carbocycles. The van der Waals surface area contributed by atoms with Crippen molar-refractivity contribution < 1.29 is 0 Å². The van der Waals surface area contributed by atoms with Gasteiger partial charge < -0.3 is 5.73 Å². The fraction of sp³-hybridized carbons (Fsp3) is 0.133. The van der Waals surface area contributed by atoms with Crippen LogP contribution in [0.4, 0.5) is 0 Å². The monoisotopic (exact) mass is 282 g/mol. The molecular formula is C15H14N4S. The van der Waals surface area contributed by atoms with Crippen molar-refractivity contribution in [3.05, 3.63) is 60.2 Å². The summed E-state index contributed by atoms with van der Waals surface area (Å²) in [4.78, 5) is 13.0. The number of aromatic nitrogens is 3. The van der Waals surface area contributed by atoms with E-state index in [0.717, 1.165) is 32.9 Å². The average Bonchev–Trinajstić information content (AvgIpc) is 2.53. The summed E-state index contributed by atoms with van der Waals surface area (Å²) < 4.78 is 0. The molecule has 0 aliphatic heterocycles. The molecule has 0 amide bonds. The van der Waals surface area contributed by atoms with Crippen LogP contribution in [0.25, 0.3) is 10.9 Å². The normalized spacial score (nSPS) is 10.8. The second kappa shape index (κ2) is 5.98. The van der Waals surface area contributed by atoms with Crippen molar-refractivity contribution in [3.63, 3.8) is 0 Å². The van der Waals surface area contributed by atoms with Crippen LogP contribution in [0.5, 0.6) is 0 Å². The molecule has 0 atom stereocenters. The van der Waals surface area contributed by atoms with Crippen LogP contribution in [0.15, 0.2) is 53.9 Å². The molecule has 3 rings (SSSR count). The lowest BCUT2D eigenvalue weighted by Gasteiger charge is -2.07. The highest BCUT2D eigenvalue weighted by Crippen LogP contribution is 2.27. The van der Waals surface area contributed by atoms with Crippen LogP contribution in [-0.4, -0.2) is 15.0 Å². The quantitative estimate of drug-likeness (QED) is 0.589. The number of hydrogen-bond donors (Lipinski definition) is 1. The molecule has 2 heterocycles. The van der Waals surface area contributed by atoms with Gasteiger partial charge in [0.15, 0.2) is 0 Å². The van der Waals surface area contributed by atoms with Crippen LogP contribution in [0, 0.1) is 0 Å². The molecule has 2 aromatic heterocycles. The van der Waals surface area contributed by atoms with Crippen LogP contribution < -0.4 is 5.73 Å². The number of para-hydroxylation sites is 1. The number of benzene rings is 1. The van der Waals surface area contributed by atoms with E-state index in [2.05, 4.69) is 21.0 Å². The van der Waals surface area contributed by atoms with E-state index in [-0.39, 0.29) is 0 Å². The first kappa shape index (κ1) is 13.0. The highest BCUT2D eigenvalue weighted by Gasteiger charge is 2.06. The number of thioether (sulfide) groups is 1. The van der Waals surface area contributed by atoms with Crippen molar-refractivity contribution in [2.75, 3.05) is 0 Å². The van der Waals surface area contributed by atoms with Crippen molar-refractivity contribution in [3.8, 4) is 0 Å². The number of nitrogens with two attached hydrogens (primary N) is 1. The lowest BCUT2D eigenvalue weighted by molar-refractivity contribution is 0.963. The minimum atomic E-state index is 0.460. The molecule has 0 saturated heterocycles. The Bertz CT molecular complexity index is 724. The molecule has 0 fully saturated rings. The van der Waals surface area contributed by atoms with Crippen LogP contribution in [0.2, 0.25) is 0 Å². The second-order valence-electron chi connectivity index (χ2n) is 4.30. The second-order valence-corrected chi connectivity index (χ2v) is 5.26. The van der Waals surface area contributed by atoms with Gasteiger partial charge in [-0.15, -0.1) is 11.8 Å². The molecule has 4 nitrogen and oxygen atoms in total. The van der Waals surface area contributed by atoms with E-state index in [9.17, 15) is 0 Å². The topological polar surface area (TPSA) is 64.7 Å². The number of fused-ring (bicyclic) bond motifs is 1. The molecule has 2 N–H and O–H groups in total. The highest BCUT2D eigenvalue weighted by atomic mass is 32.2. The fourth-order valence-corrected chi connectivity index (χ4v) is 3.03. The molecule has 0 unspecified atom stereocenters. The summed E-state index contributed by atoms with van der Waals surface area (Å²) >= 11 is 1.69. The molecule has 3 aromatic rings. The van der Waals surface area contributed by atoms with E-state index in [1.54, 1.807) is 24.3 Å².